The van der Waals surface area contributed by atoms with E-state index in [-0.39, 0.29) is 6.61 Å². The van der Waals surface area contributed by atoms with Gasteiger partial charge in [0.05, 0.1) is 10.0 Å². The van der Waals surface area contributed by atoms with Crippen LogP contribution in [-0.2, 0) is 11.4 Å². The number of benzene rings is 2. The van der Waals surface area contributed by atoms with Crippen LogP contribution in [0.1, 0.15) is 11.1 Å². The lowest BCUT2D eigenvalue weighted by Gasteiger charge is -2.11. The summed E-state index contributed by atoms with van der Waals surface area (Å²) in [7, 11) is 0. The summed E-state index contributed by atoms with van der Waals surface area (Å²) >= 11 is 18.3. The zero-order chi connectivity index (χ0) is 16.1. The van der Waals surface area contributed by atoms with Crippen molar-refractivity contribution in [2.75, 3.05) is 0 Å². The second-order valence-corrected chi connectivity index (χ2v) is 5.59. The van der Waals surface area contributed by atoms with Crippen molar-refractivity contribution in [2.45, 2.75) is 6.61 Å². The van der Waals surface area contributed by atoms with Crippen LogP contribution in [0.15, 0.2) is 42.5 Å². The first-order valence-corrected chi connectivity index (χ1v) is 7.37. The number of aliphatic carboxylic acids is 1. The van der Waals surface area contributed by atoms with Gasteiger partial charge in [0.2, 0.25) is 0 Å². The van der Waals surface area contributed by atoms with Gasteiger partial charge in [-0.2, -0.15) is 0 Å². The van der Waals surface area contributed by atoms with Crippen LogP contribution >= 0.6 is 34.8 Å². The minimum atomic E-state index is -1.05. The second-order valence-electron chi connectivity index (χ2n) is 4.37. The highest BCUT2D eigenvalue weighted by molar-refractivity contribution is 6.37. The molecule has 0 saturated carbocycles. The van der Waals surface area contributed by atoms with Gasteiger partial charge in [0.1, 0.15) is 6.61 Å². The Hall–Kier alpha value is -1.68. The van der Waals surface area contributed by atoms with Gasteiger partial charge in [-0.25, -0.2) is 4.79 Å². The molecule has 114 valence electrons. The van der Waals surface area contributed by atoms with Crippen molar-refractivity contribution in [3.8, 4) is 5.75 Å². The molecule has 6 heteroatoms. The first kappa shape index (κ1) is 16.7. The lowest BCUT2D eigenvalue weighted by atomic mass is 10.2. The minimum absolute atomic E-state index is 0.226. The van der Waals surface area contributed by atoms with Gasteiger partial charge in [0, 0.05) is 16.7 Å². The normalized spacial score (nSPS) is 10.9. The third-order valence-electron chi connectivity index (χ3n) is 2.77. The molecule has 0 aliphatic carbocycles. The Kier molecular flexibility index (Phi) is 5.72. The molecule has 0 radical (unpaired) electrons. The molecule has 2 rings (SSSR count). The van der Waals surface area contributed by atoms with Crippen molar-refractivity contribution in [1.29, 1.82) is 0 Å². The van der Waals surface area contributed by atoms with Crippen molar-refractivity contribution in [2.24, 2.45) is 0 Å². The predicted octanol–water partition coefficient (Wildman–Crippen LogP) is 5.32. The van der Waals surface area contributed by atoms with E-state index in [0.717, 1.165) is 11.6 Å². The van der Waals surface area contributed by atoms with E-state index in [1.807, 2.05) is 18.2 Å². The van der Waals surface area contributed by atoms with Gasteiger partial charge in [-0.15, -0.1) is 0 Å². The number of hydrogen-bond acceptors (Lipinski definition) is 2. The zero-order valence-corrected chi connectivity index (χ0v) is 13.5. The molecule has 0 fully saturated rings. The molecule has 0 atom stereocenters. The minimum Gasteiger partial charge on any atom is -0.486 e. The molecule has 0 bridgehead atoms. The standard InChI is InChI=1S/C16H11Cl3O3/c17-12-4-2-1-3-11(12)9-22-16-13(18)7-10(8-14(16)19)5-6-15(20)21/h1-8H,9H2,(H,20,21). The first-order valence-electron chi connectivity index (χ1n) is 6.23. The Bertz CT molecular complexity index is 703. The largest absolute Gasteiger partial charge is 0.486 e. The highest BCUT2D eigenvalue weighted by atomic mass is 35.5. The Morgan fingerprint density at radius 1 is 1.09 bits per heavy atom. The Morgan fingerprint density at radius 2 is 1.73 bits per heavy atom. The van der Waals surface area contributed by atoms with Crippen LogP contribution in [-0.4, -0.2) is 11.1 Å². The molecular formula is C16H11Cl3O3. The molecule has 0 unspecified atom stereocenters. The molecule has 2 aromatic carbocycles. The summed E-state index contributed by atoms with van der Waals surface area (Å²) in [5, 5.41) is 9.80. The van der Waals surface area contributed by atoms with E-state index in [1.54, 1.807) is 18.2 Å². The van der Waals surface area contributed by atoms with Crippen molar-refractivity contribution < 1.29 is 14.6 Å². The number of carbonyl (C=O) groups is 1. The Morgan fingerprint density at radius 3 is 2.32 bits per heavy atom. The number of halogens is 3. The van der Waals surface area contributed by atoms with Crippen LogP contribution in [0.2, 0.25) is 15.1 Å². The van der Waals surface area contributed by atoms with Gasteiger partial charge in [-0.05, 0) is 29.8 Å². The van der Waals surface area contributed by atoms with E-state index in [2.05, 4.69) is 0 Å². The van der Waals surface area contributed by atoms with E-state index in [0.29, 0.717) is 26.4 Å². The van der Waals surface area contributed by atoms with Crippen LogP contribution in [0.3, 0.4) is 0 Å². The maximum atomic E-state index is 10.5. The van der Waals surface area contributed by atoms with E-state index >= 15 is 0 Å². The molecule has 3 nitrogen and oxygen atoms in total. The lowest BCUT2D eigenvalue weighted by molar-refractivity contribution is -0.131. The summed E-state index contributed by atoms with van der Waals surface area (Å²) in [5.74, 6) is -0.720. The average molecular weight is 358 g/mol. The summed E-state index contributed by atoms with van der Waals surface area (Å²) in [6.07, 6.45) is 2.41. The molecule has 0 aromatic heterocycles. The maximum absolute atomic E-state index is 10.5. The van der Waals surface area contributed by atoms with Crippen LogP contribution < -0.4 is 4.74 Å². The smallest absolute Gasteiger partial charge is 0.328 e. The number of carboxylic acid groups (broad SMARTS) is 1. The number of rotatable bonds is 5. The summed E-state index contributed by atoms with van der Waals surface area (Å²) < 4.78 is 5.63. The van der Waals surface area contributed by atoms with Crippen molar-refractivity contribution in [3.05, 3.63) is 68.7 Å². The van der Waals surface area contributed by atoms with Gasteiger partial charge in [-0.1, -0.05) is 53.0 Å². The maximum Gasteiger partial charge on any atom is 0.328 e. The summed E-state index contributed by atoms with van der Waals surface area (Å²) in [5.41, 5.74) is 1.38. The average Bonchev–Trinajstić information content (AvgIpc) is 2.46. The van der Waals surface area contributed by atoms with E-state index in [1.165, 1.54) is 6.08 Å². The summed E-state index contributed by atoms with van der Waals surface area (Å²) in [6.45, 7) is 0.226. The fraction of sp³-hybridized carbons (Fsp3) is 0.0625. The highest BCUT2D eigenvalue weighted by Gasteiger charge is 2.10. The molecular weight excluding hydrogens is 347 g/mol. The van der Waals surface area contributed by atoms with Gasteiger partial charge < -0.3 is 9.84 Å². The topological polar surface area (TPSA) is 46.5 Å². The fourth-order valence-corrected chi connectivity index (χ4v) is 2.55. The molecule has 22 heavy (non-hydrogen) atoms. The van der Waals surface area contributed by atoms with Crippen LogP contribution in [0.5, 0.6) is 5.75 Å². The Labute approximate surface area is 142 Å². The lowest BCUT2D eigenvalue weighted by Crippen LogP contribution is -1.97. The first-order chi connectivity index (χ1) is 10.5. The molecule has 0 spiro atoms. The van der Waals surface area contributed by atoms with Crippen LogP contribution in [0.4, 0.5) is 0 Å². The summed E-state index contributed by atoms with van der Waals surface area (Å²) in [4.78, 5) is 10.5. The van der Waals surface area contributed by atoms with E-state index in [9.17, 15) is 4.79 Å². The molecule has 0 aliphatic rings. The van der Waals surface area contributed by atoms with Gasteiger partial charge in [-0.3, -0.25) is 0 Å². The number of ether oxygens (including phenoxy) is 1. The highest BCUT2D eigenvalue weighted by Crippen LogP contribution is 2.35. The molecule has 1 N–H and O–H groups in total. The molecule has 0 amide bonds. The third kappa shape index (κ3) is 4.41. The number of carboxylic acids is 1. The van der Waals surface area contributed by atoms with Gasteiger partial charge >= 0.3 is 5.97 Å². The predicted molar refractivity (Wildman–Crippen MR) is 88.9 cm³/mol. The Balaban J connectivity index is 2.18. The SMILES string of the molecule is O=C(O)C=Cc1cc(Cl)c(OCc2ccccc2Cl)c(Cl)c1. The van der Waals surface area contributed by atoms with E-state index in [4.69, 9.17) is 44.6 Å². The second kappa shape index (κ2) is 7.54. The zero-order valence-electron chi connectivity index (χ0n) is 11.2. The van der Waals surface area contributed by atoms with Crippen molar-refractivity contribution in [1.82, 2.24) is 0 Å². The van der Waals surface area contributed by atoms with Crippen LogP contribution in [0, 0.1) is 0 Å². The number of hydrogen-bond donors (Lipinski definition) is 1. The molecule has 2 aromatic rings. The summed E-state index contributed by atoms with van der Waals surface area (Å²) in [6, 6.07) is 10.4. The third-order valence-corrected chi connectivity index (χ3v) is 3.70. The van der Waals surface area contributed by atoms with E-state index < -0.39 is 5.97 Å². The van der Waals surface area contributed by atoms with Crippen molar-refractivity contribution >= 4 is 46.8 Å². The van der Waals surface area contributed by atoms with Gasteiger partial charge in [0.15, 0.2) is 5.75 Å². The molecule has 0 aliphatic heterocycles. The fourth-order valence-electron chi connectivity index (χ4n) is 1.75. The quantitative estimate of drug-likeness (QED) is 0.736. The van der Waals surface area contributed by atoms with Gasteiger partial charge in [0.25, 0.3) is 0 Å². The van der Waals surface area contributed by atoms with Crippen LogP contribution in [0.25, 0.3) is 6.08 Å². The monoisotopic (exact) mass is 356 g/mol. The molecule has 0 heterocycles. The van der Waals surface area contributed by atoms with Crippen molar-refractivity contribution in [3.63, 3.8) is 0 Å². The molecule has 0 saturated heterocycles.